The van der Waals surface area contributed by atoms with Crippen LogP contribution < -0.4 is 10.1 Å². The molecule has 0 unspecified atom stereocenters. The molecule has 0 radical (unpaired) electrons. The van der Waals surface area contributed by atoms with Crippen LogP contribution in [-0.4, -0.2) is 29.5 Å². The molecule has 2 atom stereocenters. The van der Waals surface area contributed by atoms with E-state index in [4.69, 9.17) is 11.2 Å². The smallest absolute Gasteiger partial charge is 0.299 e. The van der Waals surface area contributed by atoms with Gasteiger partial charge < -0.3 is 15.0 Å². The number of methoxy groups -OCH3 is 1. The van der Waals surface area contributed by atoms with E-state index in [0.29, 0.717) is 0 Å². The number of hydrogen-bond acceptors (Lipinski definition) is 3. The van der Waals surface area contributed by atoms with Crippen LogP contribution in [0, 0.1) is 30.1 Å². The lowest BCUT2D eigenvalue weighted by molar-refractivity contribution is -0.134. The molecule has 0 spiro atoms. The highest BCUT2D eigenvalue weighted by atomic mass is 16.5. The molecular weight excluding hydrogens is 468 g/mol. The number of ether oxygens (including phenoxy) is 1. The van der Waals surface area contributed by atoms with Crippen LogP contribution in [0.2, 0.25) is 0 Å². The predicted octanol–water partition coefficient (Wildman–Crippen LogP) is 6.92. The molecule has 4 heteroatoms. The average molecular weight is 511 g/mol. The van der Waals surface area contributed by atoms with Crippen LogP contribution in [0.4, 0.5) is 5.69 Å². The number of benzene rings is 2. The second kappa shape index (κ2) is 9.67. The van der Waals surface area contributed by atoms with Gasteiger partial charge in [0, 0.05) is 17.3 Å². The third-order valence-corrected chi connectivity index (χ3v) is 10.3. The standard InChI is InChI=1S/C34H42N2O2/c1-5-7-8-29-18-26-19-30(38-4)13-14-31(26)33(3,36(29)32(37)6-2)27-9-11-28(12-10-27)35-34-20-23-15-24(21-34)17-25(16-23)22-34/h2,9-14,19,23-25,29,35H,5,7-8,15-18,20-22H2,1,3-4H3/t23?,24?,25?,29-,33-,34?/m0/s1. The Morgan fingerprint density at radius 2 is 1.74 bits per heavy atom. The van der Waals surface area contributed by atoms with E-state index >= 15 is 0 Å². The summed E-state index contributed by atoms with van der Waals surface area (Å²) in [4.78, 5) is 15.4. The Labute approximate surface area is 228 Å². The monoisotopic (exact) mass is 510 g/mol. The Morgan fingerprint density at radius 3 is 2.32 bits per heavy atom. The molecule has 0 saturated heterocycles. The minimum absolute atomic E-state index is 0.0490. The van der Waals surface area contributed by atoms with Gasteiger partial charge in [0.15, 0.2) is 0 Å². The van der Waals surface area contributed by atoms with Gasteiger partial charge in [-0.25, -0.2) is 0 Å². The molecule has 4 aliphatic carbocycles. The van der Waals surface area contributed by atoms with Crippen molar-refractivity contribution in [2.75, 3.05) is 12.4 Å². The summed E-state index contributed by atoms with van der Waals surface area (Å²) in [7, 11) is 1.71. The SMILES string of the molecule is C#CC(=O)N1[C@@H](CCCC)Cc2cc(OC)ccc2[C@]1(C)c1ccc(NC23CC4CC(CC(C4)C2)C3)cc1. The van der Waals surface area contributed by atoms with Crippen LogP contribution in [0.15, 0.2) is 42.5 Å². The largest absolute Gasteiger partial charge is 0.497 e. The number of terminal acetylenes is 1. The summed E-state index contributed by atoms with van der Waals surface area (Å²) < 4.78 is 5.58. The van der Waals surface area contributed by atoms with Crippen molar-refractivity contribution in [2.45, 2.75) is 95.2 Å². The quantitative estimate of drug-likeness (QED) is 0.411. The summed E-state index contributed by atoms with van der Waals surface area (Å²) in [5.41, 5.74) is 4.29. The van der Waals surface area contributed by atoms with Gasteiger partial charge in [0.1, 0.15) is 5.75 Å². The van der Waals surface area contributed by atoms with Crippen LogP contribution in [-0.2, 0) is 16.8 Å². The normalized spacial score (nSPS) is 32.9. The number of rotatable bonds is 7. The summed E-state index contributed by atoms with van der Waals surface area (Å²) >= 11 is 0. The lowest BCUT2D eigenvalue weighted by Gasteiger charge is -2.57. The van der Waals surface area contributed by atoms with E-state index in [2.05, 4.69) is 61.5 Å². The lowest BCUT2D eigenvalue weighted by atomic mass is 9.53. The first-order valence-electron chi connectivity index (χ1n) is 14.7. The molecule has 4 nitrogen and oxygen atoms in total. The second-order valence-corrected chi connectivity index (χ2v) is 12.8. The van der Waals surface area contributed by atoms with Crippen LogP contribution in [0.3, 0.4) is 0 Å². The van der Waals surface area contributed by atoms with Crippen LogP contribution in [0.1, 0.15) is 88.3 Å². The van der Waals surface area contributed by atoms with Gasteiger partial charge in [0.2, 0.25) is 0 Å². The molecule has 1 aliphatic heterocycles. The van der Waals surface area contributed by atoms with Crippen LogP contribution >= 0.6 is 0 Å². The Bertz CT molecular complexity index is 1210. The zero-order valence-electron chi connectivity index (χ0n) is 23.3. The van der Waals surface area contributed by atoms with Crippen molar-refractivity contribution in [3.63, 3.8) is 0 Å². The van der Waals surface area contributed by atoms with Gasteiger partial charge in [-0.2, -0.15) is 0 Å². The number of nitrogens with zero attached hydrogens (tertiary/aromatic N) is 1. The Balaban J connectivity index is 1.36. The first kappa shape index (κ1) is 25.4. The molecule has 4 bridgehead atoms. The van der Waals surface area contributed by atoms with E-state index in [1.807, 2.05) is 11.0 Å². The van der Waals surface area contributed by atoms with Gasteiger partial charge in [-0.1, -0.05) is 38.0 Å². The molecule has 4 fully saturated rings. The fourth-order valence-electron chi connectivity index (χ4n) is 9.03. The van der Waals surface area contributed by atoms with Crippen molar-refractivity contribution < 1.29 is 9.53 Å². The maximum Gasteiger partial charge on any atom is 0.299 e. The van der Waals surface area contributed by atoms with E-state index < -0.39 is 5.54 Å². The molecule has 4 saturated carbocycles. The summed E-state index contributed by atoms with van der Waals surface area (Å²) in [5.74, 6) is 5.81. The average Bonchev–Trinajstić information content (AvgIpc) is 2.90. The van der Waals surface area contributed by atoms with Gasteiger partial charge in [0.05, 0.1) is 12.6 Å². The first-order valence-corrected chi connectivity index (χ1v) is 14.7. The Hall–Kier alpha value is -2.93. The zero-order chi connectivity index (χ0) is 26.5. The minimum Gasteiger partial charge on any atom is -0.497 e. The zero-order valence-corrected chi connectivity index (χ0v) is 23.3. The first-order chi connectivity index (χ1) is 18.4. The van der Waals surface area contributed by atoms with Gasteiger partial charge in [-0.15, -0.1) is 6.42 Å². The number of unbranched alkanes of at least 4 members (excludes halogenated alkanes) is 1. The third-order valence-electron chi connectivity index (χ3n) is 10.3. The molecule has 1 heterocycles. The molecule has 2 aromatic rings. The summed E-state index contributed by atoms with van der Waals surface area (Å²) in [6, 6.07) is 15.2. The number of nitrogens with one attached hydrogen (secondary N) is 1. The lowest BCUT2D eigenvalue weighted by Crippen LogP contribution is -2.57. The van der Waals surface area contributed by atoms with Crippen molar-refractivity contribution in [1.29, 1.82) is 0 Å². The molecular formula is C34H42N2O2. The molecule has 200 valence electrons. The predicted molar refractivity (Wildman–Crippen MR) is 153 cm³/mol. The second-order valence-electron chi connectivity index (χ2n) is 12.8. The fraction of sp³-hybridized carbons (Fsp3) is 0.559. The highest BCUT2D eigenvalue weighted by Gasteiger charge is 2.51. The van der Waals surface area contributed by atoms with Crippen LogP contribution in [0.25, 0.3) is 0 Å². The maximum absolute atomic E-state index is 13.4. The van der Waals surface area contributed by atoms with Gasteiger partial charge in [-0.3, -0.25) is 4.79 Å². The van der Waals surface area contributed by atoms with Gasteiger partial charge in [-0.05, 0) is 123 Å². The maximum atomic E-state index is 13.4. The van der Waals surface area contributed by atoms with Gasteiger partial charge >= 0.3 is 0 Å². The third kappa shape index (κ3) is 4.19. The molecule has 5 aliphatic rings. The van der Waals surface area contributed by atoms with E-state index in [0.717, 1.165) is 60.3 Å². The molecule has 0 aromatic heterocycles. The number of hydrogen-bond donors (Lipinski definition) is 1. The minimum atomic E-state index is -0.652. The van der Waals surface area contributed by atoms with Crippen molar-refractivity contribution in [3.05, 3.63) is 59.2 Å². The molecule has 38 heavy (non-hydrogen) atoms. The summed E-state index contributed by atoms with van der Waals surface area (Å²) in [6.07, 6.45) is 17.9. The topological polar surface area (TPSA) is 41.6 Å². The van der Waals surface area contributed by atoms with E-state index in [9.17, 15) is 4.79 Å². The summed E-state index contributed by atoms with van der Waals surface area (Å²) in [5, 5.41) is 4.02. The van der Waals surface area contributed by atoms with E-state index in [-0.39, 0.29) is 17.5 Å². The number of anilines is 1. The van der Waals surface area contributed by atoms with Crippen LogP contribution in [0.5, 0.6) is 5.75 Å². The molecule has 7 rings (SSSR count). The van der Waals surface area contributed by atoms with Crippen molar-refractivity contribution in [2.24, 2.45) is 17.8 Å². The number of carbonyl (C=O) groups is 1. The molecule has 1 N–H and O–H groups in total. The van der Waals surface area contributed by atoms with Crippen molar-refractivity contribution >= 4 is 11.6 Å². The summed E-state index contributed by atoms with van der Waals surface area (Å²) in [6.45, 7) is 4.37. The van der Waals surface area contributed by atoms with Crippen molar-refractivity contribution in [3.8, 4) is 18.1 Å². The fourth-order valence-corrected chi connectivity index (χ4v) is 9.03. The highest BCUT2D eigenvalue weighted by Crippen LogP contribution is 2.56. The van der Waals surface area contributed by atoms with E-state index in [1.54, 1.807) is 7.11 Å². The Morgan fingerprint density at radius 1 is 1.08 bits per heavy atom. The number of carbonyl (C=O) groups excluding carboxylic acids is 1. The number of fused-ring (bicyclic) bond motifs is 1. The van der Waals surface area contributed by atoms with E-state index in [1.165, 1.54) is 49.8 Å². The molecule has 2 aromatic carbocycles. The Kier molecular flexibility index (Phi) is 6.45. The highest BCUT2D eigenvalue weighted by molar-refractivity contribution is 5.94. The van der Waals surface area contributed by atoms with Gasteiger partial charge in [0.25, 0.3) is 5.91 Å². The number of amides is 1. The molecule has 1 amide bonds. The van der Waals surface area contributed by atoms with Crippen molar-refractivity contribution in [1.82, 2.24) is 4.90 Å².